The minimum Gasteiger partial charge on any atom is -0.496 e. The molecule has 0 spiro atoms. The van der Waals surface area contributed by atoms with Crippen molar-refractivity contribution < 1.29 is 53.1 Å². The number of unbranched alkanes of at least 4 members (excludes halogenated alkanes) is 2. The van der Waals surface area contributed by atoms with Crippen LogP contribution in [-0.2, 0) is 38.8 Å². The molecule has 1 fully saturated rings. The monoisotopic (exact) mass is 1030 g/mol. The van der Waals surface area contributed by atoms with Crippen molar-refractivity contribution in [3.05, 3.63) is 192 Å². The molecule has 1 saturated carbocycles. The summed E-state index contributed by atoms with van der Waals surface area (Å²) in [6.07, 6.45) is 8.62. The molecule has 1 aliphatic heterocycles. The highest BCUT2D eigenvalue weighted by Crippen LogP contribution is 2.62. The van der Waals surface area contributed by atoms with Gasteiger partial charge in [0.1, 0.15) is 42.3 Å². The molecule has 0 unspecified atom stereocenters. The summed E-state index contributed by atoms with van der Waals surface area (Å²) in [4.78, 5) is 35.6. The topological polar surface area (TPSA) is 155 Å². The van der Waals surface area contributed by atoms with E-state index >= 15 is 4.79 Å². The molecule has 2 N–H and O–H groups in total. The molecule has 396 valence electrons. The Balaban J connectivity index is 1.21. The predicted molar refractivity (Wildman–Crippen MR) is 292 cm³/mol. The van der Waals surface area contributed by atoms with Crippen LogP contribution in [0.4, 0.5) is 4.79 Å². The maximum atomic E-state index is 15.4. The van der Waals surface area contributed by atoms with E-state index in [1.54, 1.807) is 29.2 Å². The fourth-order valence-corrected chi connectivity index (χ4v) is 11.4. The number of methoxy groups -OCH3 is 1. The van der Waals surface area contributed by atoms with E-state index in [4.69, 9.17) is 38.4 Å². The van der Waals surface area contributed by atoms with Crippen LogP contribution in [0.1, 0.15) is 83.5 Å². The third-order valence-corrected chi connectivity index (χ3v) is 14.9. The summed E-state index contributed by atoms with van der Waals surface area (Å²) in [7, 11) is 1.52. The Morgan fingerprint density at radius 1 is 0.816 bits per heavy atom. The molecule has 76 heavy (non-hydrogen) atoms. The molecule has 2 aliphatic carbocycles. The molecule has 9 rings (SSSR count). The Hall–Kier alpha value is -7.29. The van der Waals surface area contributed by atoms with Gasteiger partial charge in [0.05, 0.1) is 50.7 Å². The van der Waals surface area contributed by atoms with Crippen molar-refractivity contribution in [3.8, 4) is 23.0 Å². The quantitative estimate of drug-likeness (QED) is 0.0231. The number of carbonyl (C=O) groups excluding carboxylic acids is 2. The number of oxime groups is 1. The van der Waals surface area contributed by atoms with Gasteiger partial charge in [-0.1, -0.05) is 133 Å². The number of nitrogens with zero attached hydrogens (tertiary/aromatic N) is 2. The molecule has 6 atom stereocenters. The maximum absolute atomic E-state index is 15.4. The molecular weight excluding hydrogens is 961 g/mol. The molecule has 0 saturated heterocycles. The first-order valence-corrected chi connectivity index (χ1v) is 26.4. The fourth-order valence-electron chi connectivity index (χ4n) is 11.4. The van der Waals surface area contributed by atoms with Crippen molar-refractivity contribution in [1.82, 2.24) is 4.90 Å². The van der Waals surface area contributed by atoms with E-state index in [2.05, 4.69) is 30.9 Å². The van der Waals surface area contributed by atoms with E-state index in [9.17, 15) is 15.0 Å². The van der Waals surface area contributed by atoms with E-state index in [0.717, 1.165) is 70.6 Å². The van der Waals surface area contributed by atoms with Crippen LogP contribution < -0.4 is 14.2 Å². The van der Waals surface area contributed by atoms with Crippen molar-refractivity contribution >= 4 is 28.9 Å². The Morgan fingerprint density at radius 3 is 2.28 bits per heavy atom. The molecule has 0 radical (unpaired) electrons. The fraction of sp³-hybridized carbons (Fsp3) is 0.349. The number of allylic oxidation sites excluding steroid dienone is 1. The molecule has 1 amide bonds. The van der Waals surface area contributed by atoms with Gasteiger partial charge in [-0.15, -0.1) is 6.58 Å². The van der Waals surface area contributed by atoms with Gasteiger partial charge in [0, 0.05) is 31.1 Å². The number of amides is 1. The summed E-state index contributed by atoms with van der Waals surface area (Å²) in [5.74, 6) is -0.581. The molecule has 0 bridgehead atoms. The summed E-state index contributed by atoms with van der Waals surface area (Å²) in [6.45, 7) is 5.16. The second-order valence-electron chi connectivity index (χ2n) is 19.6. The Bertz CT molecular complexity index is 2960. The number of carbonyl (C=O) groups is 2. The molecular formula is C63H68N2O11. The predicted octanol–water partition coefficient (Wildman–Crippen LogP) is 12.1. The van der Waals surface area contributed by atoms with Crippen molar-refractivity contribution in [1.29, 1.82) is 0 Å². The zero-order valence-electron chi connectivity index (χ0n) is 43.2. The first-order chi connectivity index (χ1) is 37.4. The van der Waals surface area contributed by atoms with Crippen LogP contribution in [0.25, 0.3) is 10.8 Å². The summed E-state index contributed by atoms with van der Waals surface area (Å²) in [5, 5.41) is 27.3. The van der Waals surface area contributed by atoms with Gasteiger partial charge in [-0.2, -0.15) is 0 Å². The number of fused-ring (bicyclic) bond motifs is 3. The second kappa shape index (κ2) is 26.0. The van der Waals surface area contributed by atoms with E-state index in [1.807, 2.05) is 103 Å². The summed E-state index contributed by atoms with van der Waals surface area (Å²) >= 11 is 0. The molecule has 6 aromatic carbocycles. The largest absolute Gasteiger partial charge is 0.496 e. The van der Waals surface area contributed by atoms with Crippen LogP contribution in [0.3, 0.4) is 0 Å². The minimum atomic E-state index is -1.56. The Labute approximate surface area is 445 Å². The maximum Gasteiger partial charge on any atom is 0.410 e. The summed E-state index contributed by atoms with van der Waals surface area (Å²) < 4.78 is 39.1. The van der Waals surface area contributed by atoms with Gasteiger partial charge >= 0.3 is 6.09 Å². The zero-order valence-corrected chi connectivity index (χ0v) is 43.2. The summed E-state index contributed by atoms with van der Waals surface area (Å²) in [5.41, 5.74) is 5.61. The highest BCUT2D eigenvalue weighted by Gasteiger charge is 2.66. The van der Waals surface area contributed by atoms with Gasteiger partial charge in [-0.3, -0.25) is 9.69 Å². The molecule has 13 nitrogen and oxygen atoms in total. The van der Waals surface area contributed by atoms with Crippen LogP contribution in [0, 0.1) is 17.8 Å². The van der Waals surface area contributed by atoms with Crippen LogP contribution >= 0.6 is 0 Å². The van der Waals surface area contributed by atoms with Crippen molar-refractivity contribution in [2.45, 2.75) is 82.5 Å². The van der Waals surface area contributed by atoms with E-state index in [-0.39, 0.29) is 70.4 Å². The molecule has 1 heterocycles. The van der Waals surface area contributed by atoms with Crippen molar-refractivity contribution in [2.24, 2.45) is 22.9 Å². The molecule has 6 aromatic rings. The van der Waals surface area contributed by atoms with Crippen LogP contribution in [-0.4, -0.2) is 85.2 Å². The number of benzene rings is 6. The average Bonchev–Trinajstić information content (AvgIpc) is 3.63. The van der Waals surface area contributed by atoms with Gasteiger partial charge in [0.2, 0.25) is 5.79 Å². The number of aliphatic hydroxyl groups excluding tert-OH is 2. The van der Waals surface area contributed by atoms with Crippen LogP contribution in [0.15, 0.2) is 169 Å². The molecule has 13 heteroatoms. The Morgan fingerprint density at radius 2 is 1.53 bits per heavy atom. The van der Waals surface area contributed by atoms with Gasteiger partial charge in [-0.25, -0.2) is 4.79 Å². The minimum absolute atomic E-state index is 0.00521. The number of rotatable bonds is 26. The average molecular weight is 1030 g/mol. The van der Waals surface area contributed by atoms with Gasteiger partial charge < -0.3 is 43.5 Å². The van der Waals surface area contributed by atoms with E-state index in [0.29, 0.717) is 53.7 Å². The lowest BCUT2D eigenvalue weighted by Crippen LogP contribution is -2.70. The van der Waals surface area contributed by atoms with Gasteiger partial charge in [0.25, 0.3) is 0 Å². The number of aldehydes is 1. The standard InChI is InChI=1S/C63H68N2O11/c1-3-33-73-63-59(65(40-48-24-16-23-46-21-10-11-25-52(46)48)62(69)72-35-34-71-42-44-17-6-4-7-18-44)39-56(64-74-43-45-19-8-5-9-20-45)54-37-47(22-12-14-31-66)53(26-13-15-32-67)60(61(54)63)55-38-51(28-30-58(55)76-63)75-50-27-29-57(70-2)49(36-50)41-68/h3-11,16-21,23-25,27-30,36-38,41,47,53,59-61,66-67H,1,12-15,22,26,31-35,39-40,42-43H2,2H3/t47-,53+,59-,60+,61+,63+/m0/s1. The third kappa shape index (κ3) is 12.2. The van der Waals surface area contributed by atoms with Crippen molar-refractivity contribution in [2.75, 3.05) is 40.1 Å². The summed E-state index contributed by atoms with van der Waals surface area (Å²) in [6, 6.07) is 43.9. The molecule has 3 aliphatic rings. The molecule has 0 aromatic heterocycles. The highest BCUT2D eigenvalue weighted by molar-refractivity contribution is 6.03. The number of hydrogen-bond donors (Lipinski definition) is 2. The lowest BCUT2D eigenvalue weighted by molar-refractivity contribution is -0.256. The lowest BCUT2D eigenvalue weighted by atomic mass is 9.55. The van der Waals surface area contributed by atoms with E-state index < -0.39 is 23.8 Å². The van der Waals surface area contributed by atoms with Gasteiger partial charge in [-0.05, 0) is 107 Å². The first-order valence-electron chi connectivity index (χ1n) is 26.4. The lowest BCUT2D eigenvalue weighted by Gasteiger charge is -2.59. The number of hydrogen-bond acceptors (Lipinski definition) is 12. The van der Waals surface area contributed by atoms with Crippen LogP contribution in [0.2, 0.25) is 0 Å². The highest BCUT2D eigenvalue weighted by atomic mass is 16.7. The number of ether oxygens (including phenoxy) is 6. The zero-order chi connectivity index (χ0) is 52.7. The first kappa shape index (κ1) is 53.5. The second-order valence-corrected chi connectivity index (χ2v) is 19.6. The smallest absolute Gasteiger partial charge is 0.410 e. The van der Waals surface area contributed by atoms with E-state index in [1.165, 1.54) is 7.11 Å². The van der Waals surface area contributed by atoms with Gasteiger partial charge in [0.15, 0.2) is 6.29 Å². The van der Waals surface area contributed by atoms with Crippen LogP contribution in [0.5, 0.6) is 23.0 Å². The SMILES string of the molecule is C=CCO[C@@]12Oc3ccc(Oc4ccc(OC)c(C=O)c4)cc3[C@H]3[C@H](CCCCO)[C@@H](CCCCO)C=C(C(=NOCc4ccccc4)C[C@@H]1N(Cc1cccc4ccccc14)C(=O)OCCOCc1ccccc1)[C@H]32. The normalized spacial score (nSPS) is 20.9. The Kier molecular flexibility index (Phi) is 18.3. The third-order valence-electron chi connectivity index (χ3n) is 14.9. The van der Waals surface area contributed by atoms with Crippen molar-refractivity contribution in [3.63, 3.8) is 0 Å². The number of aliphatic hydroxyl groups is 2.